The quantitative estimate of drug-likeness (QED) is 0.215. The van der Waals surface area contributed by atoms with Crippen molar-refractivity contribution in [2.45, 2.75) is 13.1 Å². The van der Waals surface area contributed by atoms with E-state index in [0.29, 0.717) is 0 Å². The molecule has 0 fully saturated rings. The van der Waals surface area contributed by atoms with E-state index in [1.54, 1.807) is 0 Å². The van der Waals surface area contributed by atoms with Gasteiger partial charge in [0.2, 0.25) is 0 Å². The standard InChI is InChI=1S/C38H30N4/c1-3-13-33(14-4-1)39-27-31-11-7-9-17-37(31)41(39)35-23-19-29(20-24-35)30-21-25-36(26-22-30)42-38-18-10-8-12-32(38)28-40(42)34-15-5-2-6-16-34/h1-26H,27-28H2. The van der Waals surface area contributed by atoms with Gasteiger partial charge in [0.05, 0.1) is 47.2 Å². The smallest absolute Gasteiger partial charge is 0.0683 e. The molecule has 202 valence electrons. The van der Waals surface area contributed by atoms with E-state index in [4.69, 9.17) is 0 Å². The molecule has 0 unspecified atom stereocenters. The first kappa shape index (κ1) is 24.3. The minimum absolute atomic E-state index is 0.850. The maximum absolute atomic E-state index is 2.35. The third-order valence-electron chi connectivity index (χ3n) is 8.23. The van der Waals surface area contributed by atoms with E-state index in [9.17, 15) is 0 Å². The summed E-state index contributed by atoms with van der Waals surface area (Å²) in [6, 6.07) is 56.4. The van der Waals surface area contributed by atoms with Crippen LogP contribution < -0.4 is 20.0 Å². The van der Waals surface area contributed by atoms with Crippen molar-refractivity contribution < 1.29 is 0 Å². The molecule has 0 saturated heterocycles. The zero-order valence-corrected chi connectivity index (χ0v) is 23.2. The Bertz CT molecular complexity index is 1690. The molecule has 4 heteroatoms. The summed E-state index contributed by atoms with van der Waals surface area (Å²) < 4.78 is 0. The fourth-order valence-electron chi connectivity index (χ4n) is 6.19. The van der Waals surface area contributed by atoms with Gasteiger partial charge < -0.3 is 0 Å². The van der Waals surface area contributed by atoms with Crippen molar-refractivity contribution >= 4 is 34.1 Å². The van der Waals surface area contributed by atoms with Crippen LogP contribution in [0.4, 0.5) is 34.1 Å². The lowest BCUT2D eigenvalue weighted by Crippen LogP contribution is -2.33. The van der Waals surface area contributed by atoms with Crippen LogP contribution in [0.5, 0.6) is 0 Å². The third kappa shape index (κ3) is 4.16. The van der Waals surface area contributed by atoms with Gasteiger partial charge in [-0.25, -0.2) is 0 Å². The number of para-hydroxylation sites is 4. The number of hydrazine groups is 2. The second-order valence-corrected chi connectivity index (χ2v) is 10.8. The summed E-state index contributed by atoms with van der Waals surface area (Å²) in [4.78, 5) is 0. The maximum atomic E-state index is 2.35. The molecular formula is C38H30N4. The molecule has 8 rings (SSSR count). The van der Waals surface area contributed by atoms with E-state index in [-0.39, 0.29) is 0 Å². The summed E-state index contributed by atoms with van der Waals surface area (Å²) >= 11 is 0. The molecule has 42 heavy (non-hydrogen) atoms. The normalized spacial score (nSPS) is 13.8. The van der Waals surface area contributed by atoms with Gasteiger partial charge in [0, 0.05) is 0 Å². The number of rotatable bonds is 5. The van der Waals surface area contributed by atoms with Crippen molar-refractivity contribution in [3.63, 3.8) is 0 Å². The molecule has 0 saturated carbocycles. The molecule has 2 aliphatic rings. The molecule has 4 nitrogen and oxygen atoms in total. The molecule has 0 spiro atoms. The lowest BCUT2D eigenvalue weighted by molar-refractivity contribution is 0.877. The predicted octanol–water partition coefficient (Wildman–Crippen LogP) is 9.50. The van der Waals surface area contributed by atoms with Gasteiger partial charge in [0.15, 0.2) is 0 Å². The molecule has 6 aromatic carbocycles. The SMILES string of the molecule is c1ccc(N2Cc3ccccc3N2c2ccc(-c3ccc(N4c5ccccc5CN4c4ccccc4)cc3)cc2)cc1. The van der Waals surface area contributed by atoms with Crippen molar-refractivity contribution in [3.8, 4) is 11.1 Å². The monoisotopic (exact) mass is 542 g/mol. The molecule has 0 atom stereocenters. The van der Waals surface area contributed by atoms with Gasteiger partial charge in [-0.1, -0.05) is 97.1 Å². The van der Waals surface area contributed by atoms with Crippen LogP contribution in [0, 0.1) is 0 Å². The van der Waals surface area contributed by atoms with E-state index in [1.807, 2.05) is 0 Å². The van der Waals surface area contributed by atoms with Gasteiger partial charge in [0.1, 0.15) is 0 Å². The third-order valence-corrected chi connectivity index (χ3v) is 8.23. The molecule has 0 aromatic heterocycles. The van der Waals surface area contributed by atoms with E-state index in [1.165, 1.54) is 45.0 Å². The van der Waals surface area contributed by atoms with Crippen LogP contribution >= 0.6 is 0 Å². The van der Waals surface area contributed by atoms with E-state index < -0.39 is 0 Å². The van der Waals surface area contributed by atoms with Crippen LogP contribution in [0.25, 0.3) is 11.1 Å². The van der Waals surface area contributed by atoms with Gasteiger partial charge in [-0.15, -0.1) is 0 Å². The maximum Gasteiger partial charge on any atom is 0.0683 e. The zero-order chi connectivity index (χ0) is 27.9. The van der Waals surface area contributed by atoms with Crippen LogP contribution in [0.1, 0.15) is 11.1 Å². The van der Waals surface area contributed by atoms with Gasteiger partial charge in [-0.2, -0.15) is 0 Å². The van der Waals surface area contributed by atoms with Crippen molar-refractivity contribution in [2.24, 2.45) is 0 Å². The number of fused-ring (bicyclic) bond motifs is 2. The van der Waals surface area contributed by atoms with Gasteiger partial charge in [-0.05, 0) is 82.9 Å². The molecule has 6 aromatic rings. The van der Waals surface area contributed by atoms with E-state index >= 15 is 0 Å². The van der Waals surface area contributed by atoms with Crippen LogP contribution in [0.2, 0.25) is 0 Å². The zero-order valence-electron chi connectivity index (χ0n) is 23.2. The lowest BCUT2D eigenvalue weighted by atomic mass is 10.0. The minimum Gasteiger partial charge on any atom is -0.276 e. The molecule has 2 aliphatic heterocycles. The number of hydrogen-bond acceptors (Lipinski definition) is 4. The van der Waals surface area contributed by atoms with Crippen LogP contribution in [-0.2, 0) is 13.1 Å². The van der Waals surface area contributed by atoms with Crippen LogP contribution in [0.15, 0.2) is 158 Å². The topological polar surface area (TPSA) is 13.0 Å². The summed E-state index contributed by atoms with van der Waals surface area (Å²) in [5, 5.41) is 9.36. The molecule has 0 amide bonds. The molecule has 0 N–H and O–H groups in total. The number of hydrogen-bond donors (Lipinski definition) is 0. The first-order valence-corrected chi connectivity index (χ1v) is 14.5. The summed E-state index contributed by atoms with van der Waals surface area (Å²) in [5.41, 5.74) is 12.2. The first-order valence-electron chi connectivity index (χ1n) is 14.5. The Balaban J connectivity index is 1.10. The molecule has 2 heterocycles. The Morgan fingerprint density at radius 2 is 0.667 bits per heavy atom. The highest BCUT2D eigenvalue weighted by atomic mass is 15.7. The van der Waals surface area contributed by atoms with E-state index in [2.05, 4.69) is 178 Å². The number of nitrogens with zero attached hydrogens (tertiary/aromatic N) is 4. The number of anilines is 6. The largest absolute Gasteiger partial charge is 0.276 e. The highest BCUT2D eigenvalue weighted by Crippen LogP contribution is 2.42. The van der Waals surface area contributed by atoms with Crippen LogP contribution in [0.3, 0.4) is 0 Å². The fraction of sp³-hybridized carbons (Fsp3) is 0.0526. The minimum atomic E-state index is 0.850. The van der Waals surface area contributed by atoms with Crippen molar-refractivity contribution in [2.75, 3.05) is 20.0 Å². The molecule has 0 bridgehead atoms. The summed E-state index contributed by atoms with van der Waals surface area (Å²) in [6.07, 6.45) is 0. The number of benzene rings is 6. The molecular weight excluding hydrogens is 512 g/mol. The van der Waals surface area contributed by atoms with Gasteiger partial charge in [0.25, 0.3) is 0 Å². The second kappa shape index (κ2) is 10.2. The molecule has 0 aliphatic carbocycles. The Morgan fingerprint density at radius 1 is 0.310 bits per heavy atom. The highest BCUT2D eigenvalue weighted by molar-refractivity contribution is 5.80. The fourth-order valence-corrected chi connectivity index (χ4v) is 6.19. The lowest BCUT2D eigenvalue weighted by Gasteiger charge is -2.32. The van der Waals surface area contributed by atoms with E-state index in [0.717, 1.165) is 24.5 Å². The van der Waals surface area contributed by atoms with Crippen molar-refractivity contribution in [1.82, 2.24) is 0 Å². The summed E-state index contributed by atoms with van der Waals surface area (Å²) in [6.45, 7) is 1.70. The molecule has 0 radical (unpaired) electrons. The summed E-state index contributed by atoms with van der Waals surface area (Å²) in [5.74, 6) is 0. The van der Waals surface area contributed by atoms with Crippen LogP contribution in [-0.4, -0.2) is 0 Å². The van der Waals surface area contributed by atoms with Crippen molar-refractivity contribution in [1.29, 1.82) is 0 Å². The average Bonchev–Trinajstić information content (AvgIpc) is 3.65. The second-order valence-electron chi connectivity index (χ2n) is 10.8. The summed E-state index contributed by atoms with van der Waals surface area (Å²) in [7, 11) is 0. The van der Waals surface area contributed by atoms with Gasteiger partial charge >= 0.3 is 0 Å². The average molecular weight is 543 g/mol. The Hall–Kier alpha value is -5.48. The predicted molar refractivity (Wildman–Crippen MR) is 174 cm³/mol. The highest BCUT2D eigenvalue weighted by Gasteiger charge is 2.30. The Morgan fingerprint density at radius 3 is 1.07 bits per heavy atom. The Kier molecular flexibility index (Phi) is 5.89. The van der Waals surface area contributed by atoms with Crippen molar-refractivity contribution in [3.05, 3.63) is 169 Å². The Labute approximate surface area is 246 Å². The first-order chi connectivity index (χ1) is 20.8. The van der Waals surface area contributed by atoms with Gasteiger partial charge in [-0.3, -0.25) is 20.0 Å².